The molecule has 3 heterocycles. The molecule has 6 heteroatoms. The highest BCUT2D eigenvalue weighted by atomic mass is 16.5. The van der Waals surface area contributed by atoms with Crippen LogP contribution in [0.4, 0.5) is 5.82 Å². The van der Waals surface area contributed by atoms with Crippen LogP contribution in [0.1, 0.15) is 55.5 Å². The lowest BCUT2D eigenvalue weighted by Gasteiger charge is -2.37. The molecule has 128 valence electrons. The second-order valence-electron chi connectivity index (χ2n) is 7.55. The molecule has 1 aromatic heterocycles. The zero-order valence-corrected chi connectivity index (χ0v) is 14.0. The zero-order chi connectivity index (χ0) is 16.1. The summed E-state index contributed by atoms with van der Waals surface area (Å²) in [5, 5.41) is 0. The van der Waals surface area contributed by atoms with Gasteiger partial charge in [0.05, 0.1) is 6.61 Å². The second kappa shape index (κ2) is 5.69. The number of aromatic nitrogens is 2. The normalized spacial score (nSPS) is 28.2. The van der Waals surface area contributed by atoms with E-state index in [4.69, 9.17) is 14.7 Å². The number of nitrogens with zero attached hydrogens (tertiary/aromatic N) is 4. The Morgan fingerprint density at radius 3 is 2.33 bits per heavy atom. The van der Waals surface area contributed by atoms with Crippen LogP contribution in [0, 0.1) is 0 Å². The van der Waals surface area contributed by atoms with Crippen LogP contribution in [-0.4, -0.2) is 59.7 Å². The van der Waals surface area contributed by atoms with E-state index in [1.807, 2.05) is 0 Å². The monoisotopic (exact) mass is 328 g/mol. The van der Waals surface area contributed by atoms with E-state index in [0.717, 1.165) is 44.2 Å². The van der Waals surface area contributed by atoms with Crippen LogP contribution in [0.15, 0.2) is 6.07 Å². The van der Waals surface area contributed by atoms with Gasteiger partial charge in [0, 0.05) is 56.2 Å². The summed E-state index contributed by atoms with van der Waals surface area (Å²) in [6.07, 6.45) is 5.87. The summed E-state index contributed by atoms with van der Waals surface area (Å²) in [5.74, 6) is 3.38. The van der Waals surface area contributed by atoms with Gasteiger partial charge in [-0.25, -0.2) is 9.97 Å². The van der Waals surface area contributed by atoms with E-state index in [1.54, 1.807) is 0 Å². The molecule has 2 saturated carbocycles. The molecular formula is C18H24N4O2. The Balaban J connectivity index is 1.31. The molecule has 4 aliphatic rings. The van der Waals surface area contributed by atoms with Crippen LogP contribution >= 0.6 is 0 Å². The van der Waals surface area contributed by atoms with Gasteiger partial charge in [-0.05, 0) is 25.7 Å². The summed E-state index contributed by atoms with van der Waals surface area (Å²) in [7, 11) is 0. The Bertz CT molecular complexity index is 618. The van der Waals surface area contributed by atoms with Gasteiger partial charge in [0.1, 0.15) is 17.7 Å². The summed E-state index contributed by atoms with van der Waals surface area (Å²) in [5.41, 5.74) is 1.25. The fraction of sp³-hybridized carbons (Fsp3) is 0.722. The lowest BCUT2D eigenvalue weighted by atomic mass is 10.1. The van der Waals surface area contributed by atoms with Crippen molar-refractivity contribution in [2.24, 2.45) is 0 Å². The molecule has 0 bridgehead atoms. The third kappa shape index (κ3) is 2.77. The van der Waals surface area contributed by atoms with E-state index in [-0.39, 0.29) is 12.0 Å². The number of piperazine rings is 1. The predicted molar refractivity (Wildman–Crippen MR) is 89.1 cm³/mol. The van der Waals surface area contributed by atoms with Gasteiger partial charge in [-0.2, -0.15) is 0 Å². The third-order valence-electron chi connectivity index (χ3n) is 5.67. The standard InChI is InChI=1S/C18H24N4O2/c23-18-15(5-10-24-18)21-6-8-22(9-7-21)16-11-14(12-1-2-12)19-17(20-16)13-3-4-13/h11-13,15H,1-10H2. The highest BCUT2D eigenvalue weighted by molar-refractivity contribution is 5.77. The number of hydrogen-bond acceptors (Lipinski definition) is 6. The lowest BCUT2D eigenvalue weighted by Crippen LogP contribution is -2.52. The first-order valence-corrected chi connectivity index (χ1v) is 9.32. The molecule has 0 radical (unpaired) electrons. The van der Waals surface area contributed by atoms with Crippen molar-refractivity contribution in [3.63, 3.8) is 0 Å². The van der Waals surface area contributed by atoms with E-state index in [0.29, 0.717) is 18.4 Å². The van der Waals surface area contributed by atoms with Crippen molar-refractivity contribution in [1.29, 1.82) is 0 Å². The summed E-state index contributed by atoms with van der Waals surface area (Å²) in [6.45, 7) is 4.23. The van der Waals surface area contributed by atoms with E-state index in [1.165, 1.54) is 31.4 Å². The molecule has 1 aromatic rings. The summed E-state index contributed by atoms with van der Waals surface area (Å²) in [6, 6.07) is 2.19. The maximum Gasteiger partial charge on any atom is 0.323 e. The Kier molecular flexibility index (Phi) is 3.47. The number of rotatable bonds is 4. The fourth-order valence-corrected chi connectivity index (χ4v) is 3.83. The highest BCUT2D eigenvalue weighted by Crippen LogP contribution is 2.43. The number of hydrogen-bond donors (Lipinski definition) is 0. The second-order valence-corrected chi connectivity index (χ2v) is 7.55. The van der Waals surface area contributed by atoms with Gasteiger partial charge < -0.3 is 9.64 Å². The van der Waals surface area contributed by atoms with Gasteiger partial charge >= 0.3 is 5.97 Å². The molecule has 4 fully saturated rings. The minimum Gasteiger partial charge on any atom is -0.464 e. The molecule has 0 N–H and O–H groups in total. The smallest absolute Gasteiger partial charge is 0.323 e. The molecule has 0 spiro atoms. The predicted octanol–water partition coefficient (Wildman–Crippen LogP) is 1.67. The molecule has 0 aromatic carbocycles. The zero-order valence-electron chi connectivity index (χ0n) is 14.0. The van der Waals surface area contributed by atoms with Crippen molar-refractivity contribution < 1.29 is 9.53 Å². The number of carbonyl (C=O) groups excluding carboxylic acids is 1. The molecular weight excluding hydrogens is 304 g/mol. The van der Waals surface area contributed by atoms with Crippen LogP contribution < -0.4 is 4.90 Å². The minimum absolute atomic E-state index is 0.0263. The molecule has 5 rings (SSSR count). The molecule has 2 saturated heterocycles. The lowest BCUT2D eigenvalue weighted by molar-refractivity contribution is -0.142. The number of anilines is 1. The first-order valence-electron chi connectivity index (χ1n) is 9.32. The third-order valence-corrected chi connectivity index (χ3v) is 5.67. The molecule has 6 nitrogen and oxygen atoms in total. The van der Waals surface area contributed by atoms with Crippen LogP contribution in [-0.2, 0) is 9.53 Å². The Morgan fingerprint density at radius 1 is 0.958 bits per heavy atom. The van der Waals surface area contributed by atoms with Crippen LogP contribution in [0.3, 0.4) is 0 Å². The van der Waals surface area contributed by atoms with E-state index in [9.17, 15) is 4.79 Å². The van der Waals surface area contributed by atoms with Gasteiger partial charge in [-0.3, -0.25) is 9.69 Å². The van der Waals surface area contributed by atoms with Gasteiger partial charge in [-0.1, -0.05) is 0 Å². The largest absolute Gasteiger partial charge is 0.464 e. The van der Waals surface area contributed by atoms with Crippen LogP contribution in [0.2, 0.25) is 0 Å². The topological polar surface area (TPSA) is 58.6 Å². The Hall–Kier alpha value is -1.69. The van der Waals surface area contributed by atoms with Gasteiger partial charge in [0.15, 0.2) is 0 Å². The highest BCUT2D eigenvalue weighted by Gasteiger charge is 2.35. The number of cyclic esters (lactones) is 1. The maximum absolute atomic E-state index is 11.8. The van der Waals surface area contributed by atoms with Crippen molar-refractivity contribution in [2.45, 2.75) is 50.0 Å². The average Bonchev–Trinajstić information content (AvgIpc) is 3.53. The average molecular weight is 328 g/mol. The summed E-state index contributed by atoms with van der Waals surface area (Å²) in [4.78, 5) is 26.1. The Morgan fingerprint density at radius 2 is 1.71 bits per heavy atom. The minimum atomic E-state index is -0.0440. The van der Waals surface area contributed by atoms with Crippen molar-refractivity contribution in [3.05, 3.63) is 17.6 Å². The van der Waals surface area contributed by atoms with Crippen molar-refractivity contribution in [2.75, 3.05) is 37.7 Å². The molecule has 1 atom stereocenters. The molecule has 2 aliphatic heterocycles. The molecule has 2 aliphatic carbocycles. The quantitative estimate of drug-likeness (QED) is 0.784. The van der Waals surface area contributed by atoms with E-state index < -0.39 is 0 Å². The number of carbonyl (C=O) groups is 1. The maximum atomic E-state index is 11.8. The summed E-state index contributed by atoms with van der Waals surface area (Å²) < 4.78 is 5.11. The van der Waals surface area contributed by atoms with Gasteiger partial charge in [-0.15, -0.1) is 0 Å². The molecule has 1 unspecified atom stereocenters. The number of esters is 1. The molecule has 0 amide bonds. The first-order chi connectivity index (χ1) is 11.8. The van der Waals surface area contributed by atoms with Crippen LogP contribution in [0.25, 0.3) is 0 Å². The van der Waals surface area contributed by atoms with Crippen molar-refractivity contribution >= 4 is 11.8 Å². The summed E-state index contributed by atoms with van der Waals surface area (Å²) >= 11 is 0. The fourth-order valence-electron chi connectivity index (χ4n) is 3.83. The first kappa shape index (κ1) is 14.6. The van der Waals surface area contributed by atoms with Crippen LogP contribution in [0.5, 0.6) is 0 Å². The van der Waals surface area contributed by atoms with E-state index in [2.05, 4.69) is 15.9 Å². The number of ether oxygens (including phenoxy) is 1. The van der Waals surface area contributed by atoms with Crippen molar-refractivity contribution in [3.8, 4) is 0 Å². The van der Waals surface area contributed by atoms with E-state index >= 15 is 0 Å². The Labute approximate surface area is 142 Å². The molecule has 24 heavy (non-hydrogen) atoms. The SMILES string of the molecule is O=C1OCCC1N1CCN(c2cc(C3CC3)nc(C3CC3)n2)CC1. The van der Waals surface area contributed by atoms with Gasteiger partial charge in [0.25, 0.3) is 0 Å². The van der Waals surface area contributed by atoms with Gasteiger partial charge in [0.2, 0.25) is 0 Å². The van der Waals surface area contributed by atoms with Crippen molar-refractivity contribution in [1.82, 2.24) is 14.9 Å².